The van der Waals surface area contributed by atoms with Gasteiger partial charge in [-0.2, -0.15) is 5.10 Å². The molecule has 0 radical (unpaired) electrons. The van der Waals surface area contributed by atoms with Crippen molar-refractivity contribution in [2.45, 2.75) is 33.4 Å². The Hall–Kier alpha value is -2.22. The van der Waals surface area contributed by atoms with E-state index >= 15 is 0 Å². The van der Waals surface area contributed by atoms with Gasteiger partial charge in [0.15, 0.2) is 0 Å². The fourth-order valence-corrected chi connectivity index (χ4v) is 2.79. The molecule has 7 nitrogen and oxygen atoms in total. The molecular formula is C13H16N4O3S. The molecule has 0 spiro atoms. The van der Waals surface area contributed by atoms with Gasteiger partial charge < -0.3 is 5.32 Å². The number of nitrogens with zero attached hydrogens (tertiary/aromatic N) is 3. The van der Waals surface area contributed by atoms with Crippen LogP contribution in [0.25, 0.3) is 0 Å². The number of carbonyl (C=O) groups is 1. The molecule has 0 saturated heterocycles. The van der Waals surface area contributed by atoms with Gasteiger partial charge in [0.1, 0.15) is 17.4 Å². The fourth-order valence-electron chi connectivity index (χ4n) is 2.14. The molecule has 2 heterocycles. The number of aromatic nitrogens is 2. The van der Waals surface area contributed by atoms with Crippen molar-refractivity contribution in [2.75, 3.05) is 0 Å². The number of carbonyl (C=O) groups excluding carboxylic acids is 1. The Bertz CT molecular complexity index is 663. The van der Waals surface area contributed by atoms with E-state index in [1.54, 1.807) is 32.1 Å². The summed E-state index contributed by atoms with van der Waals surface area (Å²) in [5.74, 6) is -0.219. The van der Waals surface area contributed by atoms with Gasteiger partial charge in [-0.05, 0) is 32.2 Å². The Balaban J connectivity index is 2.12. The van der Waals surface area contributed by atoms with Gasteiger partial charge in [0.25, 0.3) is 0 Å². The lowest BCUT2D eigenvalue weighted by Gasteiger charge is -2.13. The van der Waals surface area contributed by atoms with Crippen LogP contribution in [0, 0.1) is 24.0 Å². The molecule has 0 aromatic carbocycles. The Morgan fingerprint density at radius 3 is 2.81 bits per heavy atom. The molecule has 112 valence electrons. The average molecular weight is 308 g/mol. The van der Waals surface area contributed by atoms with Crippen LogP contribution in [0.5, 0.6) is 0 Å². The lowest BCUT2D eigenvalue weighted by Crippen LogP contribution is -2.31. The first-order chi connectivity index (χ1) is 9.91. The summed E-state index contributed by atoms with van der Waals surface area (Å²) in [6.45, 7) is 5.29. The highest BCUT2D eigenvalue weighted by Crippen LogP contribution is 2.24. The molecule has 0 saturated carbocycles. The molecule has 1 amide bonds. The maximum Gasteiger partial charge on any atom is 0.312 e. The molecule has 0 unspecified atom stereocenters. The molecule has 2 aromatic heterocycles. The normalized spacial score (nSPS) is 12.1. The zero-order valence-electron chi connectivity index (χ0n) is 12.0. The number of nitrogens with one attached hydrogen (secondary N) is 1. The highest BCUT2D eigenvalue weighted by molar-refractivity contribution is 7.09. The van der Waals surface area contributed by atoms with Crippen LogP contribution in [-0.4, -0.2) is 20.6 Å². The van der Waals surface area contributed by atoms with E-state index in [9.17, 15) is 14.9 Å². The first-order valence-electron chi connectivity index (χ1n) is 6.42. The maximum atomic E-state index is 12.1. The molecule has 0 aliphatic rings. The summed E-state index contributed by atoms with van der Waals surface area (Å²) in [6.07, 6.45) is 0. The van der Waals surface area contributed by atoms with Crippen LogP contribution in [0.4, 0.5) is 5.69 Å². The number of hydrogen-bond donors (Lipinski definition) is 1. The van der Waals surface area contributed by atoms with Crippen molar-refractivity contribution in [3.05, 3.63) is 43.9 Å². The minimum absolute atomic E-state index is 0.0343. The van der Waals surface area contributed by atoms with Gasteiger partial charge in [-0.15, -0.1) is 11.3 Å². The summed E-state index contributed by atoms with van der Waals surface area (Å²) >= 11 is 1.56. The van der Waals surface area contributed by atoms with E-state index in [1.165, 1.54) is 4.68 Å². The minimum atomic E-state index is -0.600. The number of thiophene rings is 1. The zero-order valence-corrected chi connectivity index (χ0v) is 12.8. The van der Waals surface area contributed by atoms with Gasteiger partial charge in [0.2, 0.25) is 5.91 Å². The fraction of sp³-hybridized carbons (Fsp3) is 0.385. The predicted octanol–water partition coefficient (Wildman–Crippen LogP) is 2.35. The highest BCUT2D eigenvalue weighted by Gasteiger charge is 2.26. The third kappa shape index (κ3) is 3.10. The molecule has 0 aliphatic carbocycles. The molecular weight excluding hydrogens is 292 g/mol. The van der Waals surface area contributed by atoms with E-state index in [-0.39, 0.29) is 11.6 Å². The molecule has 1 N–H and O–H groups in total. The SMILES string of the molecule is Cc1nn([C@@H](C)C(=O)NCc2cccs2)c(C)c1[N+](=O)[O-]. The molecule has 21 heavy (non-hydrogen) atoms. The Kier molecular flexibility index (Phi) is 4.37. The molecule has 8 heteroatoms. The Morgan fingerprint density at radius 2 is 2.29 bits per heavy atom. The first-order valence-corrected chi connectivity index (χ1v) is 7.30. The second-order valence-corrected chi connectivity index (χ2v) is 5.73. The van der Waals surface area contributed by atoms with Gasteiger partial charge in [0.05, 0.1) is 11.5 Å². The smallest absolute Gasteiger partial charge is 0.312 e. The van der Waals surface area contributed by atoms with Crippen molar-refractivity contribution in [3.63, 3.8) is 0 Å². The van der Waals surface area contributed by atoms with E-state index in [0.717, 1.165) is 4.88 Å². The number of hydrogen-bond acceptors (Lipinski definition) is 5. The molecule has 0 fully saturated rings. The lowest BCUT2D eigenvalue weighted by atomic mass is 10.2. The lowest BCUT2D eigenvalue weighted by molar-refractivity contribution is -0.386. The van der Waals surface area contributed by atoms with Crippen LogP contribution in [0.3, 0.4) is 0 Å². The number of nitro groups is 1. The van der Waals surface area contributed by atoms with Gasteiger partial charge in [0, 0.05) is 4.88 Å². The summed E-state index contributed by atoms with van der Waals surface area (Å²) in [5.41, 5.74) is 0.666. The van der Waals surface area contributed by atoms with Crippen LogP contribution in [-0.2, 0) is 11.3 Å². The molecule has 2 rings (SSSR count). The summed E-state index contributed by atoms with van der Waals surface area (Å²) in [6, 6.07) is 3.25. The van der Waals surface area contributed by atoms with E-state index in [0.29, 0.717) is 17.9 Å². The molecule has 0 bridgehead atoms. The molecule has 2 aromatic rings. The van der Waals surface area contributed by atoms with Gasteiger partial charge in [-0.1, -0.05) is 6.07 Å². The Morgan fingerprint density at radius 1 is 1.57 bits per heavy atom. The van der Waals surface area contributed by atoms with Gasteiger partial charge >= 0.3 is 5.69 Å². The minimum Gasteiger partial charge on any atom is -0.349 e. The summed E-state index contributed by atoms with van der Waals surface area (Å²) in [4.78, 5) is 23.7. The third-order valence-corrected chi connectivity index (χ3v) is 4.11. The standard InChI is InChI=1S/C13H16N4O3S/c1-8-12(17(19)20)9(2)16(15-8)10(3)13(18)14-7-11-5-4-6-21-11/h4-6,10H,7H2,1-3H3,(H,14,18)/t10-/m0/s1. The van der Waals surface area contributed by atoms with Crippen LogP contribution in [0.15, 0.2) is 17.5 Å². The van der Waals surface area contributed by atoms with Crippen molar-refractivity contribution in [1.29, 1.82) is 0 Å². The van der Waals surface area contributed by atoms with Crippen LogP contribution in [0.1, 0.15) is 29.2 Å². The van der Waals surface area contributed by atoms with Crippen molar-refractivity contribution >= 4 is 22.9 Å². The second-order valence-electron chi connectivity index (χ2n) is 4.69. The van der Waals surface area contributed by atoms with E-state index in [4.69, 9.17) is 0 Å². The number of aryl methyl sites for hydroxylation is 1. The summed E-state index contributed by atoms with van der Waals surface area (Å²) in [7, 11) is 0. The number of amides is 1. The summed E-state index contributed by atoms with van der Waals surface area (Å²) in [5, 5.41) is 19.8. The Labute approximate surface area is 125 Å². The van der Waals surface area contributed by atoms with Crippen molar-refractivity contribution in [1.82, 2.24) is 15.1 Å². The van der Waals surface area contributed by atoms with Crippen LogP contribution in [0.2, 0.25) is 0 Å². The van der Waals surface area contributed by atoms with E-state index in [1.807, 2.05) is 17.5 Å². The van der Waals surface area contributed by atoms with Gasteiger partial charge in [-0.3, -0.25) is 19.6 Å². The van der Waals surface area contributed by atoms with Crippen LogP contribution < -0.4 is 5.32 Å². The zero-order chi connectivity index (χ0) is 15.6. The highest BCUT2D eigenvalue weighted by atomic mass is 32.1. The van der Waals surface area contributed by atoms with Crippen molar-refractivity contribution < 1.29 is 9.72 Å². The largest absolute Gasteiger partial charge is 0.349 e. The predicted molar refractivity (Wildman–Crippen MR) is 79.2 cm³/mol. The first kappa shape index (κ1) is 15.2. The summed E-state index contributed by atoms with van der Waals surface area (Å²) < 4.78 is 1.40. The topological polar surface area (TPSA) is 90.1 Å². The van der Waals surface area contributed by atoms with E-state index < -0.39 is 11.0 Å². The van der Waals surface area contributed by atoms with Crippen molar-refractivity contribution in [2.24, 2.45) is 0 Å². The number of rotatable bonds is 5. The third-order valence-electron chi connectivity index (χ3n) is 3.23. The quantitative estimate of drug-likeness (QED) is 0.678. The monoisotopic (exact) mass is 308 g/mol. The van der Waals surface area contributed by atoms with Gasteiger partial charge in [-0.25, -0.2) is 0 Å². The average Bonchev–Trinajstić information content (AvgIpc) is 3.03. The maximum absolute atomic E-state index is 12.1. The molecule has 0 aliphatic heterocycles. The van der Waals surface area contributed by atoms with E-state index in [2.05, 4.69) is 10.4 Å². The molecule has 1 atom stereocenters. The van der Waals surface area contributed by atoms with Crippen LogP contribution >= 0.6 is 11.3 Å². The van der Waals surface area contributed by atoms with Crippen molar-refractivity contribution in [3.8, 4) is 0 Å². The second kappa shape index (κ2) is 6.04.